The van der Waals surface area contributed by atoms with Crippen LogP contribution in [0.4, 0.5) is 0 Å². The molecule has 1 aromatic rings. The average Bonchev–Trinajstić information content (AvgIpc) is 2.24. The summed E-state index contributed by atoms with van der Waals surface area (Å²) in [5.74, 6) is 0.509. The molecule has 0 bridgehead atoms. The van der Waals surface area contributed by atoms with Gasteiger partial charge in [-0.25, -0.2) is 0 Å². The standard InChI is InChI=1S/C11H19N3O2/c1-7(6-15-4)16-11-10(5-12)8(2)9(3)13-14-11/h7H,5-6,12H2,1-4H3. The van der Waals surface area contributed by atoms with Crippen LogP contribution in [0.5, 0.6) is 5.88 Å². The van der Waals surface area contributed by atoms with Crippen LogP contribution < -0.4 is 10.5 Å². The molecule has 0 aliphatic heterocycles. The monoisotopic (exact) mass is 225 g/mol. The molecule has 0 fully saturated rings. The molecule has 1 rings (SSSR count). The number of nitrogens with zero attached hydrogens (tertiary/aromatic N) is 2. The van der Waals surface area contributed by atoms with Crippen molar-refractivity contribution in [2.24, 2.45) is 5.73 Å². The van der Waals surface area contributed by atoms with Crippen LogP contribution in [0.15, 0.2) is 0 Å². The van der Waals surface area contributed by atoms with Crippen molar-refractivity contribution in [3.8, 4) is 5.88 Å². The molecule has 0 spiro atoms. The van der Waals surface area contributed by atoms with Gasteiger partial charge in [-0.05, 0) is 26.3 Å². The first-order valence-electron chi connectivity index (χ1n) is 5.28. The topological polar surface area (TPSA) is 70.3 Å². The number of aryl methyl sites for hydroxylation is 1. The van der Waals surface area contributed by atoms with E-state index in [0.29, 0.717) is 19.0 Å². The number of nitrogens with two attached hydrogens (primary N) is 1. The molecule has 0 aromatic carbocycles. The second-order valence-electron chi connectivity index (χ2n) is 3.78. The maximum Gasteiger partial charge on any atom is 0.238 e. The number of rotatable bonds is 5. The van der Waals surface area contributed by atoms with Crippen molar-refractivity contribution >= 4 is 0 Å². The highest BCUT2D eigenvalue weighted by atomic mass is 16.5. The minimum absolute atomic E-state index is 0.0632. The van der Waals surface area contributed by atoms with Gasteiger partial charge < -0.3 is 15.2 Å². The smallest absolute Gasteiger partial charge is 0.238 e. The zero-order chi connectivity index (χ0) is 12.1. The summed E-state index contributed by atoms with van der Waals surface area (Å²) in [4.78, 5) is 0. The normalized spacial score (nSPS) is 12.6. The molecule has 5 heteroatoms. The Hall–Kier alpha value is -1.20. The van der Waals surface area contributed by atoms with Crippen LogP contribution in [-0.2, 0) is 11.3 Å². The van der Waals surface area contributed by atoms with Crippen molar-refractivity contribution in [2.75, 3.05) is 13.7 Å². The van der Waals surface area contributed by atoms with Gasteiger partial charge in [0.25, 0.3) is 0 Å². The Kier molecular flexibility index (Phi) is 4.64. The average molecular weight is 225 g/mol. The molecule has 2 N–H and O–H groups in total. The lowest BCUT2D eigenvalue weighted by atomic mass is 10.1. The van der Waals surface area contributed by atoms with E-state index in [1.807, 2.05) is 20.8 Å². The highest BCUT2D eigenvalue weighted by Crippen LogP contribution is 2.20. The zero-order valence-electron chi connectivity index (χ0n) is 10.3. The van der Waals surface area contributed by atoms with E-state index in [9.17, 15) is 0 Å². The van der Waals surface area contributed by atoms with Gasteiger partial charge in [0.15, 0.2) is 0 Å². The van der Waals surface area contributed by atoms with Crippen LogP contribution in [0.1, 0.15) is 23.7 Å². The number of hydrogen-bond donors (Lipinski definition) is 1. The Bertz CT molecular complexity index is 355. The zero-order valence-corrected chi connectivity index (χ0v) is 10.3. The molecule has 1 unspecified atom stereocenters. The Morgan fingerprint density at radius 3 is 2.56 bits per heavy atom. The predicted octanol–water partition coefficient (Wildman–Crippen LogP) is 0.966. The van der Waals surface area contributed by atoms with Crippen LogP contribution in [0.2, 0.25) is 0 Å². The molecule has 1 aromatic heterocycles. The Morgan fingerprint density at radius 2 is 2.00 bits per heavy atom. The van der Waals surface area contributed by atoms with Gasteiger partial charge in [-0.2, -0.15) is 5.10 Å². The SMILES string of the molecule is COCC(C)Oc1nnc(C)c(C)c1CN. The molecule has 0 aliphatic rings. The Balaban J connectivity index is 2.91. The van der Waals surface area contributed by atoms with E-state index in [2.05, 4.69) is 10.2 Å². The van der Waals surface area contributed by atoms with Crippen molar-refractivity contribution in [2.45, 2.75) is 33.4 Å². The highest BCUT2D eigenvalue weighted by Gasteiger charge is 2.13. The van der Waals surface area contributed by atoms with Gasteiger partial charge in [-0.15, -0.1) is 5.10 Å². The van der Waals surface area contributed by atoms with Crippen molar-refractivity contribution in [3.63, 3.8) is 0 Å². The molecular weight excluding hydrogens is 206 g/mol. The molecule has 90 valence electrons. The molecule has 5 nitrogen and oxygen atoms in total. The van der Waals surface area contributed by atoms with E-state index in [-0.39, 0.29) is 6.10 Å². The minimum atomic E-state index is -0.0632. The van der Waals surface area contributed by atoms with Gasteiger partial charge in [0.1, 0.15) is 6.10 Å². The summed E-state index contributed by atoms with van der Waals surface area (Å²) in [5, 5.41) is 8.05. The van der Waals surface area contributed by atoms with E-state index >= 15 is 0 Å². The second-order valence-corrected chi connectivity index (χ2v) is 3.78. The van der Waals surface area contributed by atoms with E-state index < -0.39 is 0 Å². The summed E-state index contributed by atoms with van der Waals surface area (Å²) in [6.07, 6.45) is -0.0632. The molecule has 16 heavy (non-hydrogen) atoms. The summed E-state index contributed by atoms with van der Waals surface area (Å²) >= 11 is 0. The lowest BCUT2D eigenvalue weighted by molar-refractivity contribution is 0.0874. The third-order valence-corrected chi connectivity index (χ3v) is 2.46. The summed E-state index contributed by atoms with van der Waals surface area (Å²) in [7, 11) is 1.63. The first-order valence-corrected chi connectivity index (χ1v) is 5.28. The number of hydrogen-bond acceptors (Lipinski definition) is 5. The predicted molar refractivity (Wildman–Crippen MR) is 61.4 cm³/mol. The summed E-state index contributed by atoms with van der Waals surface area (Å²) in [6, 6.07) is 0. The highest BCUT2D eigenvalue weighted by molar-refractivity contribution is 5.35. The number of ether oxygens (including phenoxy) is 2. The van der Waals surface area contributed by atoms with E-state index in [1.54, 1.807) is 7.11 Å². The van der Waals surface area contributed by atoms with Crippen LogP contribution in [-0.4, -0.2) is 30.0 Å². The lowest BCUT2D eigenvalue weighted by Crippen LogP contribution is -2.21. The molecular formula is C11H19N3O2. The molecule has 0 saturated heterocycles. The molecule has 0 amide bonds. The largest absolute Gasteiger partial charge is 0.471 e. The lowest BCUT2D eigenvalue weighted by Gasteiger charge is -2.16. The molecule has 1 atom stereocenters. The van der Waals surface area contributed by atoms with Crippen LogP contribution in [0, 0.1) is 13.8 Å². The third kappa shape index (κ3) is 2.90. The fraction of sp³-hybridized carbons (Fsp3) is 0.636. The molecule has 0 aliphatic carbocycles. The fourth-order valence-corrected chi connectivity index (χ4v) is 1.43. The van der Waals surface area contributed by atoms with Crippen LogP contribution in [0.3, 0.4) is 0 Å². The maximum atomic E-state index is 5.69. The first-order chi connectivity index (χ1) is 7.60. The van der Waals surface area contributed by atoms with Gasteiger partial charge in [0, 0.05) is 19.2 Å². The van der Waals surface area contributed by atoms with Gasteiger partial charge in [-0.1, -0.05) is 0 Å². The van der Waals surface area contributed by atoms with Gasteiger partial charge in [0.2, 0.25) is 5.88 Å². The van der Waals surface area contributed by atoms with Gasteiger partial charge in [-0.3, -0.25) is 0 Å². The molecule has 0 radical (unpaired) electrons. The Morgan fingerprint density at radius 1 is 1.31 bits per heavy atom. The summed E-state index contributed by atoms with van der Waals surface area (Å²) in [6.45, 7) is 6.71. The van der Waals surface area contributed by atoms with E-state index in [4.69, 9.17) is 15.2 Å². The number of aromatic nitrogens is 2. The number of methoxy groups -OCH3 is 1. The van der Waals surface area contributed by atoms with E-state index in [1.165, 1.54) is 0 Å². The van der Waals surface area contributed by atoms with Gasteiger partial charge >= 0.3 is 0 Å². The quantitative estimate of drug-likeness (QED) is 0.808. The van der Waals surface area contributed by atoms with Crippen molar-refractivity contribution in [1.82, 2.24) is 10.2 Å². The van der Waals surface area contributed by atoms with Crippen LogP contribution >= 0.6 is 0 Å². The third-order valence-electron chi connectivity index (χ3n) is 2.46. The molecule has 1 heterocycles. The first kappa shape index (κ1) is 12.9. The summed E-state index contributed by atoms with van der Waals surface area (Å²) in [5.41, 5.74) is 8.52. The Labute approximate surface area is 96.0 Å². The van der Waals surface area contributed by atoms with Crippen molar-refractivity contribution in [1.29, 1.82) is 0 Å². The fourth-order valence-electron chi connectivity index (χ4n) is 1.43. The second kappa shape index (κ2) is 5.77. The van der Waals surface area contributed by atoms with E-state index in [0.717, 1.165) is 16.8 Å². The summed E-state index contributed by atoms with van der Waals surface area (Å²) < 4.78 is 10.6. The molecule has 0 saturated carbocycles. The van der Waals surface area contributed by atoms with Gasteiger partial charge in [0.05, 0.1) is 12.3 Å². The maximum absolute atomic E-state index is 5.69. The van der Waals surface area contributed by atoms with Crippen molar-refractivity contribution in [3.05, 3.63) is 16.8 Å². The minimum Gasteiger partial charge on any atom is -0.471 e. The van der Waals surface area contributed by atoms with Crippen molar-refractivity contribution < 1.29 is 9.47 Å². The van der Waals surface area contributed by atoms with Crippen LogP contribution in [0.25, 0.3) is 0 Å².